The quantitative estimate of drug-likeness (QED) is 0.204. The number of benzene rings is 1. The fourth-order valence-corrected chi connectivity index (χ4v) is 6.28. The number of anilines is 2. The minimum atomic E-state index is -0.100. The molecule has 0 amide bonds. The summed E-state index contributed by atoms with van der Waals surface area (Å²) < 4.78 is 0. The van der Waals surface area contributed by atoms with Crippen molar-refractivity contribution in [1.29, 1.82) is 10.7 Å². The Morgan fingerprint density at radius 2 is 1.81 bits per heavy atom. The molecule has 0 atom stereocenters. The number of nitrogens with zero attached hydrogens (tertiary/aromatic N) is 3. The van der Waals surface area contributed by atoms with Crippen molar-refractivity contribution < 1.29 is 5.11 Å². The van der Waals surface area contributed by atoms with E-state index in [0.29, 0.717) is 41.6 Å². The van der Waals surface area contributed by atoms with Crippen molar-refractivity contribution >= 4 is 29.2 Å². The highest BCUT2D eigenvalue weighted by Crippen LogP contribution is 2.33. The van der Waals surface area contributed by atoms with Gasteiger partial charge in [-0.15, -0.1) is 11.8 Å². The molecule has 1 heterocycles. The van der Waals surface area contributed by atoms with Gasteiger partial charge in [0.15, 0.2) is 0 Å². The van der Waals surface area contributed by atoms with Crippen LogP contribution in [0.4, 0.5) is 11.8 Å². The Balaban J connectivity index is 1.22. The summed E-state index contributed by atoms with van der Waals surface area (Å²) in [7, 11) is 0. The van der Waals surface area contributed by atoms with Crippen LogP contribution in [-0.2, 0) is 6.54 Å². The summed E-state index contributed by atoms with van der Waals surface area (Å²) in [6.07, 6.45) is 14.0. The Hall–Kier alpha value is -2.63. The number of nitriles is 1. The molecule has 0 unspecified atom stereocenters. The van der Waals surface area contributed by atoms with Crippen LogP contribution in [0.15, 0.2) is 35.4 Å². The Morgan fingerprint density at radius 3 is 2.54 bits per heavy atom. The number of aliphatic hydroxyl groups is 1. The van der Waals surface area contributed by atoms with E-state index in [2.05, 4.69) is 45.1 Å². The summed E-state index contributed by atoms with van der Waals surface area (Å²) in [4.78, 5) is 10.2. The van der Waals surface area contributed by atoms with Gasteiger partial charge in [0.2, 0.25) is 5.95 Å². The van der Waals surface area contributed by atoms with Gasteiger partial charge in [0.05, 0.1) is 12.3 Å². The number of aromatic nitrogens is 2. The molecule has 8 heteroatoms. The fraction of sp³-hybridized carbons (Fsp3) is 0.586. The molecule has 1 aromatic carbocycles. The normalized spacial score (nSPS) is 23.7. The number of hydrogen-bond acceptors (Lipinski definition) is 8. The predicted octanol–water partition coefficient (Wildman–Crippen LogP) is 6.25. The minimum Gasteiger partial charge on any atom is -0.393 e. The van der Waals surface area contributed by atoms with Gasteiger partial charge in [0.25, 0.3) is 0 Å². The highest BCUT2D eigenvalue weighted by Gasteiger charge is 2.26. The van der Waals surface area contributed by atoms with Gasteiger partial charge in [0.1, 0.15) is 17.5 Å². The van der Waals surface area contributed by atoms with Crippen molar-refractivity contribution in [1.82, 2.24) is 9.97 Å². The summed E-state index contributed by atoms with van der Waals surface area (Å²) in [6.45, 7) is 1.41. The molecular formula is C29H40N6OS. The Bertz CT molecular complexity index is 1070. The molecule has 2 aliphatic rings. The molecule has 1 aromatic heterocycles. The number of aliphatic hydroxyl groups excluding tert-OH is 1. The Labute approximate surface area is 225 Å². The molecule has 0 aliphatic heterocycles. The van der Waals surface area contributed by atoms with Crippen molar-refractivity contribution in [2.24, 2.45) is 17.8 Å². The first kappa shape index (κ1) is 27.4. The average molecular weight is 521 g/mol. The third-order valence-electron chi connectivity index (χ3n) is 8.07. The summed E-state index contributed by atoms with van der Waals surface area (Å²) in [6, 6.07) is 10.5. The molecule has 2 fully saturated rings. The molecule has 2 aliphatic carbocycles. The zero-order valence-corrected chi connectivity index (χ0v) is 22.7. The first-order valence-corrected chi connectivity index (χ1v) is 14.9. The predicted molar refractivity (Wildman–Crippen MR) is 151 cm³/mol. The molecule has 198 valence electrons. The molecule has 4 rings (SSSR count). The van der Waals surface area contributed by atoms with E-state index < -0.39 is 0 Å². The second-order valence-electron chi connectivity index (χ2n) is 10.6. The van der Waals surface area contributed by atoms with E-state index in [1.54, 1.807) is 18.0 Å². The topological polar surface area (TPSA) is 118 Å². The van der Waals surface area contributed by atoms with Gasteiger partial charge in [-0.25, -0.2) is 4.98 Å². The van der Waals surface area contributed by atoms with Crippen molar-refractivity contribution in [2.75, 3.05) is 23.4 Å². The maximum atomic E-state index is 9.70. The lowest BCUT2D eigenvalue weighted by molar-refractivity contribution is 0.107. The van der Waals surface area contributed by atoms with Crippen LogP contribution >= 0.6 is 11.8 Å². The second kappa shape index (κ2) is 13.8. The number of nitrogens with one attached hydrogen (secondary N) is 3. The standard InChI is InChI=1S/C29H40N6OS/c1-37-27-5-3-2-4-23(27)18-33-29-34-19-24(16-30)28(35-29)32-17-21-6-11-22(12-7-21)26(31)15-10-20-8-13-25(36)14-9-20/h2-5,19-22,25,31,36H,6-15,17-18H2,1H3,(H2,32,33,34,35). The van der Waals surface area contributed by atoms with Crippen LogP contribution in [0.2, 0.25) is 0 Å². The van der Waals surface area contributed by atoms with Crippen LogP contribution in [0.1, 0.15) is 75.3 Å². The largest absolute Gasteiger partial charge is 0.393 e. The summed E-state index contributed by atoms with van der Waals surface area (Å²) in [5.41, 5.74) is 2.58. The maximum Gasteiger partial charge on any atom is 0.224 e. The van der Waals surface area contributed by atoms with E-state index in [1.807, 2.05) is 12.1 Å². The monoisotopic (exact) mass is 520 g/mol. The molecule has 0 bridgehead atoms. The highest BCUT2D eigenvalue weighted by molar-refractivity contribution is 7.98. The van der Waals surface area contributed by atoms with Crippen molar-refractivity contribution in [2.45, 2.75) is 81.8 Å². The maximum absolute atomic E-state index is 9.70. The van der Waals surface area contributed by atoms with Crippen molar-refractivity contribution in [3.63, 3.8) is 0 Å². The lowest BCUT2D eigenvalue weighted by Gasteiger charge is -2.30. The Kier molecular flexibility index (Phi) is 10.2. The highest BCUT2D eigenvalue weighted by atomic mass is 32.2. The van der Waals surface area contributed by atoms with Crippen LogP contribution in [0, 0.1) is 34.5 Å². The molecule has 37 heavy (non-hydrogen) atoms. The minimum absolute atomic E-state index is 0.100. The van der Waals surface area contributed by atoms with Gasteiger partial charge in [-0.1, -0.05) is 18.2 Å². The van der Waals surface area contributed by atoms with E-state index in [0.717, 1.165) is 76.5 Å². The average Bonchev–Trinajstić information content (AvgIpc) is 2.95. The molecule has 0 radical (unpaired) electrons. The number of hydrogen-bond donors (Lipinski definition) is 4. The molecule has 4 N–H and O–H groups in total. The summed E-state index contributed by atoms with van der Waals surface area (Å²) in [5.74, 6) is 2.73. The van der Waals surface area contributed by atoms with E-state index >= 15 is 0 Å². The Morgan fingerprint density at radius 1 is 1.08 bits per heavy atom. The first-order valence-electron chi connectivity index (χ1n) is 13.7. The first-order chi connectivity index (χ1) is 18.1. The van der Waals surface area contributed by atoms with Crippen LogP contribution in [0.25, 0.3) is 0 Å². The molecular weight excluding hydrogens is 480 g/mol. The van der Waals surface area contributed by atoms with Gasteiger partial charge in [-0.05, 0) is 99.8 Å². The fourth-order valence-electron chi connectivity index (χ4n) is 5.66. The van der Waals surface area contributed by atoms with Crippen LogP contribution in [0.5, 0.6) is 0 Å². The summed E-state index contributed by atoms with van der Waals surface area (Å²) >= 11 is 1.72. The van der Waals surface area contributed by atoms with Crippen molar-refractivity contribution in [3.8, 4) is 6.07 Å². The molecule has 0 saturated heterocycles. The zero-order valence-electron chi connectivity index (χ0n) is 21.9. The van der Waals surface area contributed by atoms with Gasteiger partial charge < -0.3 is 21.1 Å². The van der Waals surface area contributed by atoms with E-state index in [4.69, 9.17) is 5.41 Å². The second-order valence-corrected chi connectivity index (χ2v) is 11.4. The number of rotatable bonds is 11. The summed E-state index contributed by atoms with van der Waals surface area (Å²) in [5, 5.41) is 34.6. The van der Waals surface area contributed by atoms with Crippen molar-refractivity contribution in [3.05, 3.63) is 41.6 Å². The van der Waals surface area contributed by atoms with Crippen LogP contribution in [0.3, 0.4) is 0 Å². The van der Waals surface area contributed by atoms with Gasteiger partial charge >= 0.3 is 0 Å². The van der Waals surface area contributed by atoms with Crippen LogP contribution in [-0.4, -0.2) is 39.7 Å². The third kappa shape index (κ3) is 7.93. The number of thioether (sulfide) groups is 1. The molecule has 2 saturated carbocycles. The van der Waals surface area contributed by atoms with Crippen LogP contribution < -0.4 is 10.6 Å². The molecule has 2 aromatic rings. The van der Waals surface area contributed by atoms with E-state index in [1.165, 1.54) is 10.5 Å². The smallest absolute Gasteiger partial charge is 0.224 e. The van der Waals surface area contributed by atoms with E-state index in [9.17, 15) is 10.4 Å². The van der Waals surface area contributed by atoms with Gasteiger partial charge in [0, 0.05) is 23.7 Å². The molecule has 0 spiro atoms. The van der Waals surface area contributed by atoms with E-state index in [-0.39, 0.29) is 6.10 Å². The SMILES string of the molecule is CSc1ccccc1CNc1ncc(C#N)c(NCC2CCC(C(=N)CCC3CCC(O)CC3)CC2)n1. The van der Waals surface area contributed by atoms with Gasteiger partial charge in [-0.3, -0.25) is 0 Å². The lowest BCUT2D eigenvalue weighted by Crippen LogP contribution is -2.26. The zero-order chi connectivity index (χ0) is 26.0. The van der Waals surface area contributed by atoms with Gasteiger partial charge in [-0.2, -0.15) is 10.2 Å². The molecule has 7 nitrogen and oxygen atoms in total. The lowest BCUT2D eigenvalue weighted by atomic mass is 9.77. The third-order valence-corrected chi connectivity index (χ3v) is 8.91.